The molecule has 0 amide bonds. The van der Waals surface area contributed by atoms with Crippen LogP contribution in [0.3, 0.4) is 0 Å². The molecule has 106 valence electrons. The largest absolute Gasteiger partial charge is 0.258 e. The van der Waals surface area contributed by atoms with Crippen molar-refractivity contribution < 1.29 is 0 Å². The van der Waals surface area contributed by atoms with E-state index in [-0.39, 0.29) is 0 Å². The molecule has 0 N–H and O–H groups in total. The molecule has 1 aliphatic heterocycles. The van der Waals surface area contributed by atoms with Crippen molar-refractivity contribution in [3.8, 4) is 0 Å². The minimum absolute atomic E-state index is 0.292. The molecule has 3 heteroatoms. The molecular weight excluding hydrogens is 280 g/mol. The summed E-state index contributed by atoms with van der Waals surface area (Å²) in [6.07, 6.45) is 3.63. The quantitative estimate of drug-likeness (QED) is 0.773. The van der Waals surface area contributed by atoms with Gasteiger partial charge in [0.05, 0.1) is 11.7 Å². The maximum atomic E-state index is 6.02. The number of rotatable bonds is 3. The number of para-hydroxylation sites is 1. The highest BCUT2D eigenvalue weighted by molar-refractivity contribution is 6.30. The maximum absolute atomic E-state index is 6.02. The Morgan fingerprint density at radius 3 is 2.33 bits per heavy atom. The third-order valence-electron chi connectivity index (χ3n) is 4.26. The Balaban J connectivity index is 1.70. The average Bonchev–Trinajstić information content (AvgIpc) is 3.28. The first kappa shape index (κ1) is 12.9. The predicted molar refractivity (Wildman–Crippen MR) is 87.9 cm³/mol. The Labute approximate surface area is 130 Å². The van der Waals surface area contributed by atoms with Gasteiger partial charge in [-0.05, 0) is 48.6 Å². The number of halogens is 1. The van der Waals surface area contributed by atoms with Crippen molar-refractivity contribution >= 4 is 23.0 Å². The highest BCUT2D eigenvalue weighted by Crippen LogP contribution is 2.42. The highest BCUT2D eigenvalue weighted by atomic mass is 35.5. The van der Waals surface area contributed by atoms with Gasteiger partial charge in [-0.3, -0.25) is 5.01 Å². The molecule has 0 bridgehead atoms. The van der Waals surface area contributed by atoms with Gasteiger partial charge in [0.25, 0.3) is 0 Å². The van der Waals surface area contributed by atoms with Crippen LogP contribution in [0.5, 0.6) is 0 Å². The van der Waals surface area contributed by atoms with E-state index < -0.39 is 0 Å². The lowest BCUT2D eigenvalue weighted by molar-refractivity contribution is 0.707. The molecule has 0 saturated heterocycles. The van der Waals surface area contributed by atoms with Crippen LogP contribution < -0.4 is 5.01 Å². The second kappa shape index (κ2) is 5.19. The topological polar surface area (TPSA) is 15.6 Å². The first-order valence-corrected chi connectivity index (χ1v) is 7.86. The Kier molecular flexibility index (Phi) is 3.19. The molecule has 2 aromatic carbocycles. The average molecular weight is 297 g/mol. The number of anilines is 1. The van der Waals surface area contributed by atoms with Crippen molar-refractivity contribution in [1.82, 2.24) is 0 Å². The first-order chi connectivity index (χ1) is 10.3. The van der Waals surface area contributed by atoms with Gasteiger partial charge < -0.3 is 0 Å². The van der Waals surface area contributed by atoms with Crippen molar-refractivity contribution in [2.24, 2.45) is 11.0 Å². The van der Waals surface area contributed by atoms with E-state index in [9.17, 15) is 0 Å². The lowest BCUT2D eigenvalue weighted by Gasteiger charge is -2.24. The highest BCUT2D eigenvalue weighted by Gasteiger charge is 2.36. The molecule has 1 aliphatic carbocycles. The zero-order valence-corrected chi connectivity index (χ0v) is 12.5. The molecule has 2 nitrogen and oxygen atoms in total. The third kappa shape index (κ3) is 2.56. The molecular formula is C18H17ClN2. The van der Waals surface area contributed by atoms with Crippen LogP contribution >= 0.6 is 11.6 Å². The molecule has 21 heavy (non-hydrogen) atoms. The van der Waals surface area contributed by atoms with Gasteiger partial charge in [0.2, 0.25) is 0 Å². The second-order valence-electron chi connectivity index (χ2n) is 5.82. The molecule has 0 radical (unpaired) electrons. The van der Waals surface area contributed by atoms with Crippen LogP contribution in [-0.4, -0.2) is 5.71 Å². The minimum atomic E-state index is 0.292. The third-order valence-corrected chi connectivity index (χ3v) is 4.51. The Morgan fingerprint density at radius 2 is 1.67 bits per heavy atom. The van der Waals surface area contributed by atoms with Crippen LogP contribution in [0.1, 0.15) is 30.9 Å². The Bertz CT molecular complexity index is 659. The lowest BCUT2D eigenvalue weighted by Crippen LogP contribution is -2.18. The van der Waals surface area contributed by atoms with Gasteiger partial charge in [-0.25, -0.2) is 0 Å². The van der Waals surface area contributed by atoms with E-state index in [2.05, 4.69) is 41.4 Å². The number of hydrazone groups is 1. The molecule has 0 spiro atoms. The van der Waals surface area contributed by atoms with Crippen LogP contribution in [0.25, 0.3) is 0 Å². The summed E-state index contributed by atoms with van der Waals surface area (Å²) in [5.41, 5.74) is 3.80. The summed E-state index contributed by atoms with van der Waals surface area (Å²) >= 11 is 6.02. The van der Waals surface area contributed by atoms with E-state index in [1.165, 1.54) is 24.1 Å². The van der Waals surface area contributed by atoms with Crippen LogP contribution in [0.4, 0.5) is 5.69 Å². The standard InChI is InChI=1S/C18H17ClN2/c19-15-10-8-14(9-11-15)18-12-17(13-6-7-13)20-21(18)16-4-2-1-3-5-16/h1-5,8-11,13,18H,6-7,12H2. The molecule has 2 aliphatic rings. The molecule has 1 atom stereocenters. The summed E-state index contributed by atoms with van der Waals surface area (Å²) in [5, 5.41) is 7.88. The number of hydrogen-bond donors (Lipinski definition) is 0. The maximum Gasteiger partial charge on any atom is 0.0828 e. The van der Waals surface area contributed by atoms with E-state index in [0.717, 1.165) is 17.1 Å². The minimum Gasteiger partial charge on any atom is -0.258 e. The van der Waals surface area contributed by atoms with Gasteiger partial charge in [0.15, 0.2) is 0 Å². The lowest BCUT2D eigenvalue weighted by atomic mass is 10.00. The zero-order valence-electron chi connectivity index (χ0n) is 11.7. The van der Waals surface area contributed by atoms with E-state index in [1.807, 2.05) is 18.2 Å². The van der Waals surface area contributed by atoms with E-state index in [0.29, 0.717) is 12.0 Å². The predicted octanol–water partition coefficient (Wildman–Crippen LogP) is 5.06. The number of hydrogen-bond acceptors (Lipinski definition) is 2. The fourth-order valence-corrected chi connectivity index (χ4v) is 3.09. The van der Waals surface area contributed by atoms with Crippen molar-refractivity contribution in [3.05, 3.63) is 65.2 Å². The van der Waals surface area contributed by atoms with E-state index >= 15 is 0 Å². The fourth-order valence-electron chi connectivity index (χ4n) is 2.96. The monoisotopic (exact) mass is 296 g/mol. The summed E-state index contributed by atoms with van der Waals surface area (Å²) in [5.74, 6) is 0.716. The van der Waals surface area contributed by atoms with Gasteiger partial charge in [-0.15, -0.1) is 0 Å². The van der Waals surface area contributed by atoms with E-state index in [1.54, 1.807) is 0 Å². The summed E-state index contributed by atoms with van der Waals surface area (Å²) in [6, 6.07) is 18.9. The summed E-state index contributed by atoms with van der Waals surface area (Å²) in [4.78, 5) is 0. The van der Waals surface area contributed by atoms with Crippen molar-refractivity contribution in [1.29, 1.82) is 0 Å². The second-order valence-corrected chi connectivity index (χ2v) is 6.25. The Morgan fingerprint density at radius 1 is 0.952 bits per heavy atom. The van der Waals surface area contributed by atoms with Crippen molar-refractivity contribution in [2.75, 3.05) is 5.01 Å². The number of nitrogens with zero attached hydrogens (tertiary/aromatic N) is 2. The van der Waals surface area contributed by atoms with Crippen molar-refractivity contribution in [3.63, 3.8) is 0 Å². The van der Waals surface area contributed by atoms with Crippen LogP contribution in [-0.2, 0) is 0 Å². The van der Waals surface area contributed by atoms with E-state index in [4.69, 9.17) is 16.7 Å². The van der Waals surface area contributed by atoms with Crippen LogP contribution in [0.2, 0.25) is 5.02 Å². The summed E-state index contributed by atoms with van der Waals surface area (Å²) in [7, 11) is 0. The summed E-state index contributed by atoms with van der Waals surface area (Å²) < 4.78 is 0. The van der Waals surface area contributed by atoms with Crippen LogP contribution in [0.15, 0.2) is 59.7 Å². The smallest absolute Gasteiger partial charge is 0.0828 e. The number of benzene rings is 2. The summed E-state index contributed by atoms with van der Waals surface area (Å²) in [6.45, 7) is 0. The molecule has 4 rings (SSSR count). The van der Waals surface area contributed by atoms with Gasteiger partial charge in [0, 0.05) is 17.2 Å². The molecule has 1 heterocycles. The molecule has 1 saturated carbocycles. The van der Waals surface area contributed by atoms with Gasteiger partial charge in [-0.1, -0.05) is 41.9 Å². The fraction of sp³-hybridized carbons (Fsp3) is 0.278. The molecule has 2 aromatic rings. The SMILES string of the molecule is Clc1ccc(C2CC(C3CC3)=NN2c2ccccc2)cc1. The zero-order chi connectivity index (χ0) is 14.2. The first-order valence-electron chi connectivity index (χ1n) is 7.48. The molecule has 1 fully saturated rings. The van der Waals surface area contributed by atoms with Crippen LogP contribution in [0, 0.1) is 5.92 Å². The normalized spacial score (nSPS) is 21.5. The van der Waals surface area contributed by atoms with Gasteiger partial charge >= 0.3 is 0 Å². The van der Waals surface area contributed by atoms with Gasteiger partial charge in [0.1, 0.15) is 0 Å². The van der Waals surface area contributed by atoms with Gasteiger partial charge in [-0.2, -0.15) is 5.10 Å². The molecule has 1 unspecified atom stereocenters. The van der Waals surface area contributed by atoms with Crippen molar-refractivity contribution in [2.45, 2.75) is 25.3 Å². The Hall–Kier alpha value is -1.80. The molecule has 0 aromatic heterocycles.